The van der Waals surface area contributed by atoms with Crippen LogP contribution in [0.1, 0.15) is 310 Å². The summed E-state index contributed by atoms with van der Waals surface area (Å²) in [6, 6.07) is 0. The Morgan fingerprint density at radius 2 is 0.538 bits per heavy atom. The predicted molar refractivity (Wildman–Crippen MR) is 341 cm³/mol. The Morgan fingerprint density at radius 3 is 0.910 bits per heavy atom. The highest BCUT2D eigenvalue weighted by Crippen LogP contribution is 2.14. The summed E-state index contributed by atoms with van der Waals surface area (Å²) in [7, 11) is 0. The molecule has 0 heterocycles. The highest BCUT2D eigenvalue weighted by molar-refractivity contribution is 5.81. The van der Waals surface area contributed by atoms with Gasteiger partial charge in [-0.25, -0.2) is 0 Å². The van der Waals surface area contributed by atoms with E-state index in [-0.39, 0.29) is 30.8 Å². The number of amides is 3. The molecule has 0 bridgehead atoms. The van der Waals surface area contributed by atoms with Crippen LogP contribution in [-0.2, 0) is 14.4 Å². The summed E-state index contributed by atoms with van der Waals surface area (Å²) >= 11 is 0. The van der Waals surface area contributed by atoms with E-state index in [2.05, 4.69) is 71.1 Å². The molecule has 78 heavy (non-hydrogen) atoms. The fourth-order valence-electron chi connectivity index (χ4n) is 10.6. The van der Waals surface area contributed by atoms with Crippen LogP contribution in [0.2, 0.25) is 0 Å². The molecule has 0 aromatic heterocycles. The van der Waals surface area contributed by atoms with Crippen molar-refractivity contribution in [3.8, 4) is 0 Å². The first kappa shape index (κ1) is 75.8. The van der Waals surface area contributed by atoms with Crippen molar-refractivity contribution in [2.45, 2.75) is 310 Å². The van der Waals surface area contributed by atoms with Crippen LogP contribution in [0.4, 0.5) is 0 Å². The number of unbranched alkanes of at least 4 members (excludes halogenated alkanes) is 37. The SMILES string of the molecule is C=C(CN(CCCCNCCCN(CC(=O)NCCCCCCCCCCCC)CC(=O)NCCCCCCCCCCCC)CCCNCC(=O)NCCCCCCCCCCCC)NCCCCCCCCCCCC. The Balaban J connectivity index is 4.86. The zero-order valence-corrected chi connectivity index (χ0v) is 52.8. The van der Waals surface area contributed by atoms with Gasteiger partial charge < -0.3 is 31.9 Å². The van der Waals surface area contributed by atoms with E-state index in [9.17, 15) is 14.4 Å². The van der Waals surface area contributed by atoms with Gasteiger partial charge in [0.05, 0.1) is 19.6 Å². The summed E-state index contributed by atoms with van der Waals surface area (Å²) in [6.07, 6.45) is 56.1. The minimum absolute atomic E-state index is 0.0266. The third kappa shape index (κ3) is 59.9. The van der Waals surface area contributed by atoms with Gasteiger partial charge in [0.2, 0.25) is 17.7 Å². The Labute approximate surface area is 485 Å². The molecule has 0 aromatic rings. The molecule has 0 unspecified atom stereocenters. The van der Waals surface area contributed by atoms with Gasteiger partial charge in [-0.3, -0.25) is 24.2 Å². The Hall–Kier alpha value is -2.21. The zero-order valence-electron chi connectivity index (χ0n) is 52.8. The molecular formula is C67H136N8O3. The summed E-state index contributed by atoms with van der Waals surface area (Å²) in [6.45, 7) is 23.8. The van der Waals surface area contributed by atoms with Gasteiger partial charge >= 0.3 is 0 Å². The lowest BCUT2D eigenvalue weighted by Crippen LogP contribution is -2.44. The highest BCUT2D eigenvalue weighted by Gasteiger charge is 2.15. The summed E-state index contributed by atoms with van der Waals surface area (Å²) in [4.78, 5) is 43.3. The van der Waals surface area contributed by atoms with Crippen molar-refractivity contribution in [3.05, 3.63) is 12.3 Å². The molecular weight excluding hydrogens is 965 g/mol. The second-order valence-corrected chi connectivity index (χ2v) is 23.6. The molecule has 0 fully saturated rings. The molecule has 0 aliphatic carbocycles. The molecule has 11 heteroatoms. The maximum absolute atomic E-state index is 13.1. The van der Waals surface area contributed by atoms with Gasteiger partial charge in [0.25, 0.3) is 0 Å². The van der Waals surface area contributed by atoms with Gasteiger partial charge in [0.15, 0.2) is 0 Å². The standard InChI is InChI=1S/C67H136N8O3/c1-6-10-14-18-22-26-30-34-38-42-53-70-64(5)61-74(58-49-52-69-60-65(76)71-54-43-39-35-31-27-23-19-15-11-7-2)57-47-46-50-68-51-48-59-75(62-66(77)72-55-44-40-36-32-28-24-20-16-12-8-3)63-67(78)73-56-45-41-37-33-29-25-21-17-13-9-4/h68-70H,5-63H2,1-4H3,(H,71,76)(H,72,77)(H,73,78). The number of carbonyl (C=O) groups excluding carboxylic acids is 3. The maximum atomic E-state index is 13.1. The molecule has 3 amide bonds. The maximum Gasteiger partial charge on any atom is 0.234 e. The topological polar surface area (TPSA) is 130 Å². The normalized spacial score (nSPS) is 11.5. The van der Waals surface area contributed by atoms with Crippen molar-refractivity contribution in [3.63, 3.8) is 0 Å². The van der Waals surface area contributed by atoms with Crippen molar-refractivity contribution in [2.75, 3.05) is 91.6 Å². The highest BCUT2D eigenvalue weighted by atomic mass is 16.2. The van der Waals surface area contributed by atoms with E-state index in [4.69, 9.17) is 0 Å². The van der Waals surface area contributed by atoms with Crippen molar-refractivity contribution in [1.82, 2.24) is 41.7 Å². The lowest BCUT2D eigenvalue weighted by Gasteiger charge is -2.24. The average molecular weight is 1100 g/mol. The van der Waals surface area contributed by atoms with Crippen LogP contribution in [-0.4, -0.2) is 119 Å². The summed E-state index contributed by atoms with van der Waals surface area (Å²) in [5.41, 5.74) is 1.10. The molecule has 0 aliphatic rings. The van der Waals surface area contributed by atoms with Crippen LogP contribution in [0.5, 0.6) is 0 Å². The predicted octanol–water partition coefficient (Wildman–Crippen LogP) is 15.5. The Bertz CT molecular complexity index is 1230. The fourth-order valence-corrected chi connectivity index (χ4v) is 10.6. The van der Waals surface area contributed by atoms with E-state index < -0.39 is 0 Å². The van der Waals surface area contributed by atoms with Crippen molar-refractivity contribution in [1.29, 1.82) is 0 Å². The van der Waals surface area contributed by atoms with Gasteiger partial charge in [-0.2, -0.15) is 0 Å². The molecule has 6 N–H and O–H groups in total. The average Bonchev–Trinajstić information content (AvgIpc) is 3.42. The second kappa shape index (κ2) is 64.0. The van der Waals surface area contributed by atoms with Crippen molar-refractivity contribution < 1.29 is 14.4 Å². The molecule has 0 radical (unpaired) electrons. The van der Waals surface area contributed by atoms with Crippen LogP contribution < -0.4 is 31.9 Å². The monoisotopic (exact) mass is 1100 g/mol. The van der Waals surface area contributed by atoms with Crippen LogP contribution in [0.15, 0.2) is 12.3 Å². The number of hydrogen-bond acceptors (Lipinski definition) is 8. The number of rotatable bonds is 66. The summed E-state index contributed by atoms with van der Waals surface area (Å²) in [5.74, 6) is 0.158. The van der Waals surface area contributed by atoms with Gasteiger partial charge in [-0.1, -0.05) is 265 Å². The molecule has 0 saturated heterocycles. The third-order valence-corrected chi connectivity index (χ3v) is 15.6. The molecule has 0 spiro atoms. The van der Waals surface area contributed by atoms with Crippen molar-refractivity contribution in [2.24, 2.45) is 0 Å². The van der Waals surface area contributed by atoms with Crippen molar-refractivity contribution >= 4 is 17.7 Å². The van der Waals surface area contributed by atoms with E-state index >= 15 is 0 Å². The van der Waals surface area contributed by atoms with E-state index in [0.717, 1.165) is 116 Å². The van der Waals surface area contributed by atoms with Crippen LogP contribution in [0.25, 0.3) is 0 Å². The smallest absolute Gasteiger partial charge is 0.234 e. The van der Waals surface area contributed by atoms with Gasteiger partial charge in [-0.05, 0) is 84.1 Å². The molecule has 0 atom stereocenters. The number of nitrogens with one attached hydrogen (secondary N) is 6. The number of carbonyl (C=O) groups is 3. The first-order valence-electron chi connectivity index (χ1n) is 34.4. The first-order valence-corrected chi connectivity index (χ1v) is 34.4. The third-order valence-electron chi connectivity index (χ3n) is 15.6. The quantitative estimate of drug-likeness (QED) is 0.0332. The minimum atomic E-state index is 0.0266. The zero-order chi connectivity index (χ0) is 56.7. The fraction of sp³-hybridized carbons (Fsp3) is 0.925. The molecule has 0 aliphatic heterocycles. The minimum Gasteiger partial charge on any atom is -0.388 e. The second-order valence-electron chi connectivity index (χ2n) is 23.6. The summed E-state index contributed by atoms with van der Waals surface area (Å²) in [5, 5.41) is 20.1. The summed E-state index contributed by atoms with van der Waals surface area (Å²) < 4.78 is 0. The van der Waals surface area contributed by atoms with Crippen LogP contribution in [0.3, 0.4) is 0 Å². The van der Waals surface area contributed by atoms with Crippen LogP contribution in [0, 0.1) is 0 Å². The Kier molecular flexibility index (Phi) is 62.2. The number of hydrogen-bond donors (Lipinski definition) is 6. The molecule has 11 nitrogen and oxygen atoms in total. The van der Waals surface area contributed by atoms with Gasteiger partial charge in [0.1, 0.15) is 0 Å². The largest absolute Gasteiger partial charge is 0.388 e. The lowest BCUT2D eigenvalue weighted by atomic mass is 10.1. The molecule has 0 aromatic carbocycles. The van der Waals surface area contributed by atoms with E-state index in [1.54, 1.807) is 0 Å². The van der Waals surface area contributed by atoms with Gasteiger partial charge in [0, 0.05) is 45.0 Å². The van der Waals surface area contributed by atoms with Crippen LogP contribution >= 0.6 is 0 Å². The molecule has 0 rings (SSSR count). The molecule has 0 saturated carbocycles. The van der Waals surface area contributed by atoms with Gasteiger partial charge in [-0.15, -0.1) is 0 Å². The first-order chi connectivity index (χ1) is 38.4. The lowest BCUT2D eigenvalue weighted by molar-refractivity contribution is -0.125. The van der Waals surface area contributed by atoms with E-state index in [1.165, 1.54) is 225 Å². The molecule has 462 valence electrons. The van der Waals surface area contributed by atoms with E-state index in [1.807, 2.05) is 4.90 Å². The number of nitrogens with zero attached hydrogens (tertiary/aromatic N) is 2. The Morgan fingerprint density at radius 1 is 0.269 bits per heavy atom. The van der Waals surface area contributed by atoms with E-state index in [0.29, 0.717) is 26.2 Å².